The zero-order valence-electron chi connectivity index (χ0n) is 8.86. The fourth-order valence-electron chi connectivity index (χ4n) is 0.846. The number of hydrogen-bond acceptors (Lipinski definition) is 8. The molecular weight excluding hydrogens is 224 g/mol. The molecule has 0 heterocycles. The van der Waals surface area contributed by atoms with Gasteiger partial charge in [-0.15, -0.1) is 0 Å². The van der Waals surface area contributed by atoms with E-state index in [0.717, 1.165) is 14.0 Å². The Bertz CT molecular complexity index is 218. The maximum absolute atomic E-state index is 10.5. The quantitative estimate of drug-likeness (QED) is 0.294. The number of carbonyl (C=O) groups is 2. The summed E-state index contributed by atoms with van der Waals surface area (Å²) in [7, 11) is 1.14. The van der Waals surface area contributed by atoms with Crippen LogP contribution in [0, 0.1) is 0 Å². The molecular formula is C8H14O8. The van der Waals surface area contributed by atoms with Gasteiger partial charge in [0.25, 0.3) is 0 Å². The Morgan fingerprint density at radius 3 is 2.44 bits per heavy atom. The Balaban J connectivity index is 4.43. The fourth-order valence-corrected chi connectivity index (χ4v) is 0.846. The molecule has 0 aliphatic carbocycles. The van der Waals surface area contributed by atoms with Crippen LogP contribution < -0.4 is 0 Å². The number of aldehydes is 1. The number of hydrogen-bond donors (Lipinski definition) is 2. The Labute approximate surface area is 91.5 Å². The highest BCUT2D eigenvalue weighted by Crippen LogP contribution is 2.09. The predicted molar refractivity (Wildman–Crippen MR) is 47.7 cm³/mol. The summed E-state index contributed by atoms with van der Waals surface area (Å²) in [5.41, 5.74) is 0. The van der Waals surface area contributed by atoms with Crippen LogP contribution in [0.1, 0.15) is 6.92 Å². The summed E-state index contributed by atoms with van der Waals surface area (Å²) in [5, 5.41) is 18.1. The van der Waals surface area contributed by atoms with E-state index in [2.05, 4.69) is 19.6 Å². The summed E-state index contributed by atoms with van der Waals surface area (Å²) in [6, 6.07) is 0. The number of rotatable bonds is 8. The first-order valence-electron chi connectivity index (χ1n) is 4.34. The van der Waals surface area contributed by atoms with E-state index < -0.39 is 30.9 Å². The van der Waals surface area contributed by atoms with E-state index >= 15 is 0 Å². The van der Waals surface area contributed by atoms with Crippen molar-refractivity contribution in [1.29, 1.82) is 0 Å². The highest BCUT2D eigenvalue weighted by atomic mass is 17.2. The lowest BCUT2D eigenvalue weighted by Gasteiger charge is -2.23. The molecule has 0 amide bonds. The monoisotopic (exact) mass is 238 g/mol. The lowest BCUT2D eigenvalue weighted by Crippen LogP contribution is -2.44. The Kier molecular flexibility index (Phi) is 7.60. The van der Waals surface area contributed by atoms with E-state index in [1.54, 1.807) is 0 Å². The van der Waals surface area contributed by atoms with Gasteiger partial charge in [-0.3, -0.25) is 4.89 Å². The lowest BCUT2D eigenvalue weighted by molar-refractivity contribution is -0.378. The van der Waals surface area contributed by atoms with Crippen LogP contribution in [0.3, 0.4) is 0 Å². The summed E-state index contributed by atoms with van der Waals surface area (Å²) >= 11 is 0. The van der Waals surface area contributed by atoms with Gasteiger partial charge in [0, 0.05) is 6.92 Å². The summed E-state index contributed by atoms with van der Waals surface area (Å²) < 4.78 is 0. The molecule has 0 aliphatic rings. The van der Waals surface area contributed by atoms with Gasteiger partial charge < -0.3 is 15.0 Å². The molecule has 0 aromatic heterocycles. The van der Waals surface area contributed by atoms with E-state index in [9.17, 15) is 14.7 Å². The normalized spacial score (nSPS) is 16.2. The first kappa shape index (κ1) is 14.9. The molecule has 0 aliphatic heterocycles. The van der Waals surface area contributed by atoms with Crippen molar-refractivity contribution in [2.24, 2.45) is 0 Å². The van der Waals surface area contributed by atoms with Crippen LogP contribution in [0.25, 0.3) is 0 Å². The van der Waals surface area contributed by atoms with Crippen molar-refractivity contribution in [2.45, 2.75) is 25.2 Å². The van der Waals surface area contributed by atoms with Gasteiger partial charge in [-0.05, 0) is 0 Å². The third kappa shape index (κ3) is 5.14. The average Bonchev–Trinajstić information content (AvgIpc) is 2.27. The zero-order valence-corrected chi connectivity index (χ0v) is 8.86. The molecule has 3 atom stereocenters. The standard InChI is InChI=1S/C8H14O8/c1-5(11)14-15-7(4-10)8(16-13-2)6(12)3-9/h3,6-8,10,12H,4H2,1-2H3/t6-,7+,8+/m1/s1. The van der Waals surface area contributed by atoms with Crippen molar-refractivity contribution in [3.63, 3.8) is 0 Å². The van der Waals surface area contributed by atoms with Crippen molar-refractivity contribution in [3.05, 3.63) is 0 Å². The highest BCUT2D eigenvalue weighted by Gasteiger charge is 2.32. The molecule has 16 heavy (non-hydrogen) atoms. The van der Waals surface area contributed by atoms with Crippen molar-refractivity contribution < 1.29 is 39.4 Å². The van der Waals surface area contributed by atoms with Gasteiger partial charge in [0.15, 0.2) is 18.5 Å². The minimum Gasteiger partial charge on any atom is -0.393 e. The molecule has 0 aromatic rings. The molecule has 0 radical (unpaired) electrons. The van der Waals surface area contributed by atoms with Crippen LogP contribution in [0.4, 0.5) is 0 Å². The van der Waals surface area contributed by atoms with Gasteiger partial charge in [-0.1, -0.05) is 0 Å². The van der Waals surface area contributed by atoms with Gasteiger partial charge in [-0.2, -0.15) is 4.89 Å². The molecule has 8 heteroatoms. The van der Waals surface area contributed by atoms with Crippen molar-refractivity contribution >= 4 is 12.3 Å². The molecule has 94 valence electrons. The van der Waals surface area contributed by atoms with Gasteiger partial charge in [0.2, 0.25) is 0 Å². The molecule has 0 spiro atoms. The summed E-state index contributed by atoms with van der Waals surface area (Å²) in [5.74, 6) is -0.754. The molecule has 0 rings (SSSR count). The van der Waals surface area contributed by atoms with E-state index in [0.29, 0.717) is 0 Å². The van der Waals surface area contributed by atoms with Gasteiger partial charge >= 0.3 is 5.97 Å². The Morgan fingerprint density at radius 1 is 1.44 bits per heavy atom. The lowest BCUT2D eigenvalue weighted by atomic mass is 10.1. The number of carbonyl (C=O) groups excluding carboxylic acids is 2. The molecule has 0 unspecified atom stereocenters. The highest BCUT2D eigenvalue weighted by molar-refractivity contribution is 5.65. The molecule has 0 saturated carbocycles. The first-order chi connectivity index (χ1) is 7.56. The second kappa shape index (κ2) is 8.13. The fraction of sp³-hybridized carbons (Fsp3) is 0.750. The molecule has 0 fully saturated rings. The second-order valence-corrected chi connectivity index (χ2v) is 2.75. The summed E-state index contributed by atoms with van der Waals surface area (Å²) in [6.07, 6.45) is -3.98. The van der Waals surface area contributed by atoms with E-state index in [4.69, 9.17) is 5.11 Å². The van der Waals surface area contributed by atoms with Crippen LogP contribution in [-0.4, -0.2) is 54.5 Å². The van der Waals surface area contributed by atoms with E-state index in [1.807, 2.05) is 0 Å². The second-order valence-electron chi connectivity index (χ2n) is 2.75. The van der Waals surface area contributed by atoms with E-state index in [-0.39, 0.29) is 6.29 Å². The molecule has 8 nitrogen and oxygen atoms in total. The summed E-state index contributed by atoms with van der Waals surface area (Å²) in [4.78, 5) is 38.2. The van der Waals surface area contributed by atoms with Gasteiger partial charge in [-0.25, -0.2) is 14.6 Å². The van der Waals surface area contributed by atoms with Gasteiger partial charge in [0.1, 0.15) is 6.10 Å². The van der Waals surface area contributed by atoms with Crippen molar-refractivity contribution in [2.75, 3.05) is 13.7 Å². The Morgan fingerprint density at radius 2 is 2.06 bits per heavy atom. The van der Waals surface area contributed by atoms with Crippen LogP contribution in [-0.2, 0) is 29.1 Å². The average molecular weight is 238 g/mol. The van der Waals surface area contributed by atoms with Crippen molar-refractivity contribution in [3.8, 4) is 0 Å². The molecule has 0 aromatic carbocycles. The first-order valence-corrected chi connectivity index (χ1v) is 4.34. The zero-order chi connectivity index (χ0) is 12.6. The Hall–Kier alpha value is -1.06. The SMILES string of the molecule is COO[C@@H]([C@H](O)C=O)[C@H](CO)OOC(C)=O. The van der Waals surface area contributed by atoms with Crippen molar-refractivity contribution in [1.82, 2.24) is 0 Å². The maximum Gasteiger partial charge on any atom is 0.339 e. The topological polar surface area (TPSA) is 112 Å². The third-order valence-electron chi connectivity index (χ3n) is 1.52. The largest absolute Gasteiger partial charge is 0.393 e. The third-order valence-corrected chi connectivity index (χ3v) is 1.52. The predicted octanol–water partition coefficient (Wildman–Crippen LogP) is -1.65. The molecule has 0 saturated heterocycles. The van der Waals surface area contributed by atoms with Gasteiger partial charge in [0.05, 0.1) is 13.7 Å². The molecule has 0 bridgehead atoms. The molecule has 2 N–H and O–H groups in total. The summed E-state index contributed by atoms with van der Waals surface area (Å²) in [6.45, 7) is 0.434. The number of aliphatic hydroxyl groups excluding tert-OH is 2. The smallest absolute Gasteiger partial charge is 0.339 e. The minimum atomic E-state index is -1.59. The van der Waals surface area contributed by atoms with E-state index in [1.165, 1.54) is 0 Å². The van der Waals surface area contributed by atoms with Crippen LogP contribution in [0.15, 0.2) is 0 Å². The maximum atomic E-state index is 10.5. The van der Waals surface area contributed by atoms with Crippen LogP contribution in [0.2, 0.25) is 0 Å². The van der Waals surface area contributed by atoms with Crippen LogP contribution in [0.5, 0.6) is 0 Å². The minimum absolute atomic E-state index is 0.170. The van der Waals surface area contributed by atoms with Crippen LogP contribution >= 0.6 is 0 Å². The number of aliphatic hydroxyl groups is 2.